The molecule has 6 heteroatoms. The van der Waals surface area contributed by atoms with E-state index in [0.717, 1.165) is 43.9 Å². The first-order valence-corrected chi connectivity index (χ1v) is 11.8. The molecule has 1 fully saturated rings. The third-order valence-corrected chi connectivity index (χ3v) is 6.39. The summed E-state index contributed by atoms with van der Waals surface area (Å²) in [5, 5.41) is 10.6. The van der Waals surface area contributed by atoms with Crippen molar-refractivity contribution in [3.8, 4) is 5.75 Å². The Morgan fingerprint density at radius 3 is 2.29 bits per heavy atom. The zero-order valence-corrected chi connectivity index (χ0v) is 19.3. The number of fused-ring (bicyclic) bond motifs is 1. The molecule has 1 aliphatic heterocycles. The highest BCUT2D eigenvalue weighted by Crippen LogP contribution is 2.33. The number of aromatic amines is 1. The second-order valence-corrected chi connectivity index (χ2v) is 8.60. The third-order valence-electron chi connectivity index (χ3n) is 6.39. The van der Waals surface area contributed by atoms with Crippen LogP contribution < -0.4 is 9.80 Å². The molecular formula is C28H29N3O3. The third kappa shape index (κ3) is 4.44. The van der Waals surface area contributed by atoms with Crippen molar-refractivity contribution in [2.45, 2.75) is 13.3 Å². The van der Waals surface area contributed by atoms with Gasteiger partial charge in [-0.25, -0.2) is 4.79 Å². The van der Waals surface area contributed by atoms with Gasteiger partial charge in [0.2, 0.25) is 0 Å². The number of carbonyl (C=O) groups excluding carboxylic acids is 1. The number of phenols is 1. The van der Waals surface area contributed by atoms with Crippen molar-refractivity contribution in [3.63, 3.8) is 0 Å². The Morgan fingerprint density at radius 2 is 1.59 bits per heavy atom. The average Bonchev–Trinajstić information content (AvgIpc) is 3.24. The lowest BCUT2D eigenvalue weighted by molar-refractivity contribution is 0.0529. The first-order valence-electron chi connectivity index (χ1n) is 11.8. The van der Waals surface area contributed by atoms with Crippen LogP contribution in [0.25, 0.3) is 10.9 Å². The quantitative estimate of drug-likeness (QED) is 0.402. The van der Waals surface area contributed by atoms with Gasteiger partial charge < -0.3 is 24.6 Å². The van der Waals surface area contributed by atoms with Crippen molar-refractivity contribution in [2.24, 2.45) is 0 Å². The highest BCUT2D eigenvalue weighted by molar-refractivity contribution is 6.09. The summed E-state index contributed by atoms with van der Waals surface area (Å²) in [6, 6.07) is 24.4. The van der Waals surface area contributed by atoms with Crippen molar-refractivity contribution >= 4 is 28.4 Å². The minimum absolute atomic E-state index is 0.129. The number of nitrogens with one attached hydrogen (secondary N) is 1. The first-order chi connectivity index (χ1) is 16.6. The van der Waals surface area contributed by atoms with Crippen LogP contribution in [0.2, 0.25) is 0 Å². The van der Waals surface area contributed by atoms with Crippen LogP contribution in [0.3, 0.4) is 0 Å². The van der Waals surface area contributed by atoms with Gasteiger partial charge in [-0.1, -0.05) is 42.5 Å². The average molecular weight is 456 g/mol. The molecule has 0 unspecified atom stereocenters. The van der Waals surface area contributed by atoms with Gasteiger partial charge >= 0.3 is 5.97 Å². The Balaban J connectivity index is 1.30. The molecule has 2 N–H and O–H groups in total. The molecular weight excluding hydrogens is 426 g/mol. The van der Waals surface area contributed by atoms with Crippen LogP contribution in [0.4, 0.5) is 11.5 Å². The summed E-state index contributed by atoms with van der Waals surface area (Å²) in [6.07, 6.45) is 0.932. The Morgan fingerprint density at radius 1 is 0.912 bits per heavy atom. The van der Waals surface area contributed by atoms with E-state index < -0.39 is 0 Å². The van der Waals surface area contributed by atoms with Gasteiger partial charge in [-0.2, -0.15) is 0 Å². The molecule has 0 bridgehead atoms. The smallest absolute Gasteiger partial charge is 0.342 e. The topological polar surface area (TPSA) is 68.8 Å². The Bertz CT molecular complexity index is 1270. The number of H-pyrrole nitrogens is 1. The largest absolute Gasteiger partial charge is 0.508 e. The first kappa shape index (κ1) is 21.9. The molecule has 3 aromatic carbocycles. The molecule has 1 saturated heterocycles. The number of nitrogens with zero attached hydrogens (tertiary/aromatic N) is 2. The number of piperazine rings is 1. The number of esters is 1. The molecule has 1 aromatic heterocycles. The molecule has 34 heavy (non-hydrogen) atoms. The molecule has 0 aliphatic carbocycles. The molecule has 6 nitrogen and oxygen atoms in total. The van der Waals surface area contributed by atoms with Crippen molar-refractivity contribution in [1.82, 2.24) is 4.98 Å². The van der Waals surface area contributed by atoms with Crippen molar-refractivity contribution in [1.29, 1.82) is 0 Å². The van der Waals surface area contributed by atoms with E-state index in [2.05, 4.69) is 63.3 Å². The standard InChI is InChI=1S/C28H29N3O3/c1-2-34-28(33)26-24-19-23(32)12-13-25(24)29-27(26)31-16-14-30(15-17-31)22-10-8-21(9-11-22)18-20-6-4-3-5-7-20/h3-13,19,29,32H,2,14-18H2,1H3. The van der Waals surface area contributed by atoms with Gasteiger partial charge in [0, 0.05) is 42.8 Å². The minimum Gasteiger partial charge on any atom is -0.508 e. The van der Waals surface area contributed by atoms with Gasteiger partial charge in [-0.05, 0) is 54.8 Å². The predicted molar refractivity (Wildman–Crippen MR) is 136 cm³/mol. The lowest BCUT2D eigenvalue weighted by Gasteiger charge is -2.37. The molecule has 174 valence electrons. The lowest BCUT2D eigenvalue weighted by Crippen LogP contribution is -2.47. The van der Waals surface area contributed by atoms with Gasteiger partial charge in [-0.15, -0.1) is 0 Å². The fourth-order valence-electron chi connectivity index (χ4n) is 4.66. The molecule has 0 spiro atoms. The number of aromatic hydroxyl groups is 1. The minimum atomic E-state index is -0.370. The van der Waals surface area contributed by atoms with E-state index in [0.29, 0.717) is 17.6 Å². The monoisotopic (exact) mass is 455 g/mol. The highest BCUT2D eigenvalue weighted by atomic mass is 16.5. The lowest BCUT2D eigenvalue weighted by atomic mass is 10.0. The van der Waals surface area contributed by atoms with Gasteiger partial charge in [0.25, 0.3) is 0 Å². The molecule has 2 heterocycles. The summed E-state index contributed by atoms with van der Waals surface area (Å²) in [6.45, 7) is 5.35. The van der Waals surface area contributed by atoms with Gasteiger partial charge in [0.1, 0.15) is 17.1 Å². The number of benzene rings is 3. The number of ether oxygens (including phenoxy) is 1. The molecule has 5 rings (SSSR count). The number of hydrogen-bond acceptors (Lipinski definition) is 5. The zero-order valence-electron chi connectivity index (χ0n) is 19.3. The van der Waals surface area contributed by atoms with E-state index >= 15 is 0 Å². The van der Waals surface area contributed by atoms with E-state index in [1.807, 2.05) is 6.07 Å². The fourth-order valence-corrected chi connectivity index (χ4v) is 4.66. The molecule has 0 radical (unpaired) electrons. The summed E-state index contributed by atoms with van der Waals surface area (Å²) < 4.78 is 5.33. The molecule has 0 atom stereocenters. The van der Waals surface area contributed by atoms with Crippen molar-refractivity contribution in [3.05, 3.63) is 89.5 Å². The highest BCUT2D eigenvalue weighted by Gasteiger charge is 2.26. The Labute approximate surface area is 199 Å². The summed E-state index contributed by atoms with van der Waals surface area (Å²) in [4.78, 5) is 20.7. The van der Waals surface area contributed by atoms with Crippen LogP contribution in [0.15, 0.2) is 72.8 Å². The summed E-state index contributed by atoms with van der Waals surface area (Å²) in [5.41, 5.74) is 5.13. The van der Waals surface area contributed by atoms with Gasteiger partial charge in [-0.3, -0.25) is 0 Å². The summed E-state index contributed by atoms with van der Waals surface area (Å²) in [7, 11) is 0. The summed E-state index contributed by atoms with van der Waals surface area (Å²) >= 11 is 0. The van der Waals surface area contributed by atoms with Crippen LogP contribution in [0.1, 0.15) is 28.4 Å². The van der Waals surface area contributed by atoms with Crippen molar-refractivity contribution < 1.29 is 14.6 Å². The van der Waals surface area contributed by atoms with Gasteiger partial charge in [0.15, 0.2) is 0 Å². The molecule has 1 aliphatic rings. The molecule has 4 aromatic rings. The molecule has 0 amide bonds. The van der Waals surface area contributed by atoms with E-state index in [9.17, 15) is 9.90 Å². The number of anilines is 2. The van der Waals surface area contributed by atoms with Crippen LogP contribution in [0, 0.1) is 0 Å². The number of carbonyl (C=O) groups is 1. The predicted octanol–water partition coefficient (Wildman–Crippen LogP) is 4.97. The number of aromatic nitrogens is 1. The van der Waals surface area contributed by atoms with Crippen LogP contribution in [0.5, 0.6) is 5.75 Å². The van der Waals surface area contributed by atoms with E-state index in [1.165, 1.54) is 16.8 Å². The SMILES string of the molecule is CCOC(=O)c1c(N2CCN(c3ccc(Cc4ccccc4)cc3)CC2)[nH]c2ccc(O)cc12. The Hall–Kier alpha value is -3.93. The van der Waals surface area contributed by atoms with E-state index in [4.69, 9.17) is 4.74 Å². The normalized spacial score (nSPS) is 13.9. The van der Waals surface area contributed by atoms with Gasteiger partial charge in [0.05, 0.1) is 6.61 Å². The van der Waals surface area contributed by atoms with E-state index in [1.54, 1.807) is 25.1 Å². The zero-order chi connectivity index (χ0) is 23.5. The Kier molecular flexibility index (Phi) is 6.12. The van der Waals surface area contributed by atoms with Crippen LogP contribution in [-0.4, -0.2) is 48.8 Å². The molecule has 0 saturated carbocycles. The number of rotatable bonds is 6. The fraction of sp³-hybridized carbons (Fsp3) is 0.250. The number of hydrogen-bond donors (Lipinski definition) is 2. The van der Waals surface area contributed by atoms with Crippen LogP contribution >= 0.6 is 0 Å². The maximum Gasteiger partial charge on any atom is 0.342 e. The summed E-state index contributed by atoms with van der Waals surface area (Å²) in [5.74, 6) is 0.520. The maximum atomic E-state index is 12.8. The number of phenolic OH excluding ortho intramolecular Hbond substituents is 1. The van der Waals surface area contributed by atoms with Crippen molar-refractivity contribution in [2.75, 3.05) is 42.6 Å². The van der Waals surface area contributed by atoms with Crippen LogP contribution in [-0.2, 0) is 11.2 Å². The second kappa shape index (κ2) is 9.51. The maximum absolute atomic E-state index is 12.8. The second-order valence-electron chi connectivity index (χ2n) is 8.60. The van der Waals surface area contributed by atoms with E-state index in [-0.39, 0.29) is 11.7 Å².